The molecule has 9 rings (SSSR count). The summed E-state index contributed by atoms with van der Waals surface area (Å²) in [6.45, 7) is 0.393. The van der Waals surface area contributed by atoms with Crippen molar-refractivity contribution in [1.29, 1.82) is 0 Å². The highest BCUT2D eigenvalue weighted by molar-refractivity contribution is 6.00. The van der Waals surface area contributed by atoms with Gasteiger partial charge in [-0.2, -0.15) is 23.1 Å². The molecule has 2 aromatic carbocycles. The Labute approximate surface area is 278 Å². The molecular formula is C35H35F5N6O3. The van der Waals surface area contributed by atoms with Gasteiger partial charge in [0.2, 0.25) is 0 Å². The first-order valence-corrected chi connectivity index (χ1v) is 16.7. The highest BCUT2D eigenvalue weighted by Gasteiger charge is 2.58. The average molecular weight is 683 g/mol. The number of aryl methyl sites for hydroxylation is 1. The van der Waals surface area contributed by atoms with E-state index in [0.29, 0.717) is 31.4 Å². The lowest BCUT2D eigenvalue weighted by molar-refractivity contribution is -0.196. The summed E-state index contributed by atoms with van der Waals surface area (Å²) in [7, 11) is 0. The Bertz CT molecular complexity index is 1940. The van der Waals surface area contributed by atoms with Gasteiger partial charge in [0, 0.05) is 31.3 Å². The molecule has 14 heteroatoms. The van der Waals surface area contributed by atoms with Crippen molar-refractivity contribution in [1.82, 2.24) is 25.2 Å². The van der Waals surface area contributed by atoms with E-state index in [0.717, 1.165) is 29.3 Å². The molecule has 258 valence electrons. The van der Waals surface area contributed by atoms with Gasteiger partial charge >= 0.3 is 18.3 Å². The van der Waals surface area contributed by atoms with Crippen molar-refractivity contribution in [3.05, 3.63) is 54.0 Å². The molecule has 3 saturated heterocycles. The molecule has 6 bridgehead atoms. The number of halogens is 5. The molecule has 0 spiro atoms. The summed E-state index contributed by atoms with van der Waals surface area (Å²) in [5, 5.41) is 3.84. The number of alkyl halides is 4. The summed E-state index contributed by atoms with van der Waals surface area (Å²) in [5.74, 6) is -0.765. The molecule has 1 amide bonds. The molecule has 1 N–H and O–H groups in total. The largest absolute Gasteiger partial charge is 0.461 e. The molecule has 7 heterocycles. The second-order valence-electron chi connectivity index (χ2n) is 13.7. The van der Waals surface area contributed by atoms with Crippen LogP contribution in [-0.4, -0.2) is 88.8 Å². The number of anilines is 1. The summed E-state index contributed by atoms with van der Waals surface area (Å²) in [4.78, 5) is 29.9. The molecule has 4 aromatic rings. The number of rotatable bonds is 3. The van der Waals surface area contributed by atoms with Gasteiger partial charge in [0.1, 0.15) is 29.8 Å². The van der Waals surface area contributed by atoms with Crippen LogP contribution in [0.1, 0.15) is 44.1 Å². The summed E-state index contributed by atoms with van der Waals surface area (Å²) in [6, 6.07) is 10.9. The quantitative estimate of drug-likeness (QED) is 0.245. The highest BCUT2D eigenvalue weighted by Crippen LogP contribution is 2.43. The first kappa shape index (κ1) is 31.9. The average Bonchev–Trinajstić information content (AvgIpc) is 3.60. The van der Waals surface area contributed by atoms with E-state index in [9.17, 15) is 22.4 Å². The van der Waals surface area contributed by atoms with Crippen molar-refractivity contribution in [2.75, 3.05) is 44.3 Å². The molecule has 0 saturated carbocycles. The number of nitrogens with zero attached hydrogens (tertiary/aromatic N) is 5. The molecule has 3 atom stereocenters. The third-order valence-corrected chi connectivity index (χ3v) is 10.6. The van der Waals surface area contributed by atoms with Gasteiger partial charge in [-0.25, -0.2) is 13.6 Å². The predicted molar refractivity (Wildman–Crippen MR) is 172 cm³/mol. The van der Waals surface area contributed by atoms with Gasteiger partial charge in [-0.3, -0.25) is 9.88 Å². The number of piperidine rings is 1. The number of hydrogen-bond donors (Lipinski definition) is 1. The summed E-state index contributed by atoms with van der Waals surface area (Å²) in [5.41, 5.74) is -1.99. The summed E-state index contributed by atoms with van der Waals surface area (Å²) in [6.07, 6.45) is -3.36. The van der Waals surface area contributed by atoms with E-state index in [1.807, 2.05) is 24.3 Å². The third-order valence-electron chi connectivity index (χ3n) is 10.6. The first-order chi connectivity index (χ1) is 23.6. The van der Waals surface area contributed by atoms with Gasteiger partial charge in [-0.15, -0.1) is 0 Å². The van der Waals surface area contributed by atoms with E-state index in [2.05, 4.69) is 25.2 Å². The van der Waals surface area contributed by atoms with Crippen LogP contribution in [0.15, 0.2) is 42.6 Å². The van der Waals surface area contributed by atoms with E-state index in [4.69, 9.17) is 9.47 Å². The van der Waals surface area contributed by atoms with Gasteiger partial charge in [0.05, 0.1) is 24.1 Å². The molecule has 9 nitrogen and oxygen atoms in total. The van der Waals surface area contributed by atoms with Crippen LogP contribution in [0.4, 0.5) is 32.6 Å². The number of fused-ring (bicyclic) bond motifs is 7. The van der Waals surface area contributed by atoms with E-state index in [1.54, 1.807) is 12.1 Å². The minimum atomic E-state index is -4.85. The Hall–Kier alpha value is -4.33. The van der Waals surface area contributed by atoms with Gasteiger partial charge in [-0.05, 0) is 61.4 Å². The smallest absolute Gasteiger partial charge is 0.413 e. The number of nitrogens with one attached hydrogen (secondary N) is 1. The Balaban J connectivity index is 1.31. The predicted octanol–water partition coefficient (Wildman–Crippen LogP) is 6.51. The molecular weight excluding hydrogens is 647 g/mol. The van der Waals surface area contributed by atoms with Crippen molar-refractivity contribution >= 4 is 33.6 Å². The Morgan fingerprint density at radius 3 is 2.71 bits per heavy atom. The van der Waals surface area contributed by atoms with Gasteiger partial charge in [-0.1, -0.05) is 36.4 Å². The number of ether oxygens (including phenoxy) is 2. The topological polar surface area (TPSA) is 92.7 Å². The zero-order valence-electron chi connectivity index (χ0n) is 26.7. The Morgan fingerprint density at radius 2 is 1.88 bits per heavy atom. The number of aromatic nitrogens is 3. The zero-order valence-corrected chi connectivity index (χ0v) is 26.7. The van der Waals surface area contributed by atoms with Crippen molar-refractivity contribution in [3.63, 3.8) is 0 Å². The van der Waals surface area contributed by atoms with Crippen LogP contribution in [0.5, 0.6) is 6.01 Å². The van der Waals surface area contributed by atoms with Crippen molar-refractivity contribution in [3.8, 4) is 17.3 Å². The lowest BCUT2D eigenvalue weighted by atomic mass is 9.88. The lowest BCUT2D eigenvalue weighted by Crippen LogP contribution is -2.66. The number of hydrogen-bond acceptors (Lipinski definition) is 8. The lowest BCUT2D eigenvalue weighted by Gasteiger charge is -2.44. The second-order valence-corrected chi connectivity index (χ2v) is 13.7. The number of benzene rings is 2. The second kappa shape index (κ2) is 11.9. The van der Waals surface area contributed by atoms with Crippen LogP contribution in [0.3, 0.4) is 0 Å². The number of carbonyl (C=O) groups excluding carboxylic acids is 1. The standard InChI is InChI=1S/C35H35F5N6O3/c36-23-16-33(11-4-14-46(33)18-23)20-49-31-42-29-25-17-41-28(27(29)37)24-10-2-8-21-6-1-7-22(26(21)24)9-3-15-48-32(47)44-34(35(38,39)40)12-5-13-45(19-34)30(25)43-31/h1-2,6-8,10,17,23H,3-5,9,11-16,18-20H2,(H,44,47)/t23-,33?,34?/m1/s1. The molecule has 0 radical (unpaired) electrons. The molecule has 3 fully saturated rings. The molecule has 2 aromatic heterocycles. The van der Waals surface area contributed by atoms with E-state index in [1.165, 1.54) is 11.1 Å². The van der Waals surface area contributed by atoms with Crippen molar-refractivity contribution in [2.45, 2.75) is 68.4 Å². The summed E-state index contributed by atoms with van der Waals surface area (Å²) < 4.78 is 87.5. The van der Waals surface area contributed by atoms with E-state index >= 15 is 4.39 Å². The Morgan fingerprint density at radius 1 is 1.06 bits per heavy atom. The molecule has 5 aliphatic rings. The van der Waals surface area contributed by atoms with Crippen LogP contribution in [-0.2, 0) is 11.2 Å². The van der Waals surface area contributed by atoms with Crippen LogP contribution >= 0.6 is 0 Å². The maximum Gasteiger partial charge on any atom is 0.413 e. The molecule has 5 aliphatic heterocycles. The fourth-order valence-corrected chi connectivity index (χ4v) is 8.29. The maximum atomic E-state index is 16.9. The molecule has 49 heavy (non-hydrogen) atoms. The number of amides is 1. The number of pyridine rings is 1. The minimum absolute atomic E-state index is 0.0000597. The minimum Gasteiger partial charge on any atom is -0.461 e. The van der Waals surface area contributed by atoms with Crippen LogP contribution in [0.2, 0.25) is 0 Å². The normalized spacial score (nSPS) is 26.2. The van der Waals surface area contributed by atoms with E-state index < -0.39 is 41.9 Å². The Kier molecular flexibility index (Phi) is 7.76. The van der Waals surface area contributed by atoms with Gasteiger partial charge in [0.25, 0.3) is 0 Å². The van der Waals surface area contributed by atoms with Gasteiger partial charge < -0.3 is 19.7 Å². The third kappa shape index (κ3) is 5.48. The monoisotopic (exact) mass is 682 g/mol. The SMILES string of the molecule is O=C1NC2(C(F)(F)F)CCCN(C2)c2nc(OCC34CCCN3C[C@H](F)C4)nc3c(F)c(ncc23)-c2cccc3cccc(c23)CCCO1. The first-order valence-electron chi connectivity index (χ1n) is 16.7. The van der Waals surface area contributed by atoms with Crippen LogP contribution < -0.4 is 15.0 Å². The van der Waals surface area contributed by atoms with Gasteiger partial charge in [0.15, 0.2) is 11.4 Å². The molecule has 2 unspecified atom stereocenters. The molecule has 0 aliphatic carbocycles. The summed E-state index contributed by atoms with van der Waals surface area (Å²) >= 11 is 0. The van der Waals surface area contributed by atoms with Crippen molar-refractivity contribution < 1.29 is 36.2 Å². The van der Waals surface area contributed by atoms with Crippen LogP contribution in [0.25, 0.3) is 32.9 Å². The van der Waals surface area contributed by atoms with E-state index in [-0.39, 0.29) is 67.4 Å². The fraction of sp³-hybridized carbons (Fsp3) is 0.486. The van der Waals surface area contributed by atoms with Crippen molar-refractivity contribution in [2.24, 2.45) is 0 Å². The zero-order chi connectivity index (χ0) is 34.0. The number of carbonyl (C=O) groups is 1. The highest BCUT2D eigenvalue weighted by atomic mass is 19.4. The fourth-order valence-electron chi connectivity index (χ4n) is 8.29. The van der Waals surface area contributed by atoms with Crippen LogP contribution in [0, 0.1) is 5.82 Å². The maximum absolute atomic E-state index is 16.9. The number of alkyl carbamates (subject to hydrolysis) is 1.